The number of halogens is 1. The molecule has 26 heavy (non-hydrogen) atoms. The molecule has 0 aliphatic heterocycles. The Kier molecular flexibility index (Phi) is 6.74. The molecule has 0 aliphatic carbocycles. The molecule has 0 spiro atoms. The van der Waals surface area contributed by atoms with Crippen molar-refractivity contribution in [1.82, 2.24) is 0 Å². The molecule has 1 aromatic heterocycles. The van der Waals surface area contributed by atoms with Crippen molar-refractivity contribution in [1.29, 1.82) is 0 Å². The molecule has 0 unspecified atom stereocenters. The average Bonchev–Trinajstić information content (AvgIpc) is 2.92. The maximum atomic E-state index is 12.1. The molecule has 1 heterocycles. The van der Waals surface area contributed by atoms with Gasteiger partial charge in [-0.3, -0.25) is 0 Å². The van der Waals surface area contributed by atoms with Crippen LogP contribution in [0.4, 0.5) is 10.7 Å². The van der Waals surface area contributed by atoms with E-state index in [1.54, 1.807) is 6.92 Å². The Bertz CT molecular complexity index is 880. The highest BCUT2D eigenvalue weighted by Gasteiger charge is 2.26. The van der Waals surface area contributed by atoms with E-state index in [9.17, 15) is 9.59 Å². The van der Waals surface area contributed by atoms with E-state index in [0.29, 0.717) is 15.4 Å². The van der Waals surface area contributed by atoms with Gasteiger partial charge in [0.05, 0.1) is 19.8 Å². The number of methoxy groups -OCH3 is 2. The van der Waals surface area contributed by atoms with E-state index in [-0.39, 0.29) is 10.7 Å². The predicted octanol–water partition coefficient (Wildman–Crippen LogP) is 4.51. The van der Waals surface area contributed by atoms with Gasteiger partial charge in [-0.05, 0) is 55.4 Å². The summed E-state index contributed by atoms with van der Waals surface area (Å²) in [5.74, 6) is -1.08. The number of hydrogen-bond donors (Lipinski definition) is 2. The van der Waals surface area contributed by atoms with Gasteiger partial charge in [0.1, 0.15) is 9.88 Å². The summed E-state index contributed by atoms with van der Waals surface area (Å²) in [6.07, 6.45) is 0. The number of anilines is 2. The van der Waals surface area contributed by atoms with Gasteiger partial charge < -0.3 is 20.1 Å². The summed E-state index contributed by atoms with van der Waals surface area (Å²) < 4.78 is 10.6. The Balaban J connectivity index is 2.29. The average molecular weight is 457 g/mol. The third kappa shape index (κ3) is 4.40. The highest BCUT2D eigenvalue weighted by molar-refractivity contribution is 9.10. The molecule has 0 saturated carbocycles. The molecule has 1 aromatic carbocycles. The van der Waals surface area contributed by atoms with E-state index in [0.717, 1.165) is 27.1 Å². The smallest absolute Gasteiger partial charge is 0.348 e. The largest absolute Gasteiger partial charge is 0.465 e. The Morgan fingerprint density at radius 1 is 1.12 bits per heavy atom. The zero-order chi connectivity index (χ0) is 19.4. The lowest BCUT2D eigenvalue weighted by atomic mass is 10.1. The number of ether oxygens (including phenoxy) is 2. The summed E-state index contributed by atoms with van der Waals surface area (Å²) >= 11 is 9.86. The molecular formula is C17H17BrN2O4S2. The van der Waals surface area contributed by atoms with Crippen molar-refractivity contribution in [3.8, 4) is 0 Å². The van der Waals surface area contributed by atoms with Crippen LogP contribution in [0.5, 0.6) is 0 Å². The van der Waals surface area contributed by atoms with Gasteiger partial charge in [-0.15, -0.1) is 11.3 Å². The lowest BCUT2D eigenvalue weighted by molar-refractivity contribution is 0.0601. The van der Waals surface area contributed by atoms with Gasteiger partial charge in [-0.25, -0.2) is 9.59 Å². The van der Waals surface area contributed by atoms with Gasteiger partial charge >= 0.3 is 11.9 Å². The third-order valence-corrected chi connectivity index (χ3v) is 5.83. The van der Waals surface area contributed by atoms with Gasteiger partial charge in [-0.2, -0.15) is 0 Å². The third-order valence-electron chi connectivity index (χ3n) is 3.55. The van der Waals surface area contributed by atoms with Crippen LogP contribution in [-0.4, -0.2) is 31.3 Å². The number of thiocarbonyl (C=S) groups is 1. The summed E-state index contributed by atoms with van der Waals surface area (Å²) in [6.45, 7) is 3.63. The number of esters is 2. The molecule has 2 rings (SSSR count). The van der Waals surface area contributed by atoms with E-state index in [1.165, 1.54) is 14.2 Å². The first-order valence-electron chi connectivity index (χ1n) is 7.42. The zero-order valence-corrected chi connectivity index (χ0v) is 17.8. The number of thiophene rings is 1. The Morgan fingerprint density at radius 2 is 1.77 bits per heavy atom. The van der Waals surface area contributed by atoms with E-state index >= 15 is 0 Å². The molecular weight excluding hydrogens is 440 g/mol. The molecule has 0 aliphatic rings. The van der Waals surface area contributed by atoms with Crippen LogP contribution in [0.3, 0.4) is 0 Å². The molecule has 0 fully saturated rings. The summed E-state index contributed by atoms with van der Waals surface area (Å²) in [5.41, 5.74) is 2.59. The molecule has 0 atom stereocenters. The standard InChI is InChI=1S/C17H17BrN2O4S2/c1-8-7-10(5-6-11(8)18)19-17(25)20-14-12(15(21)23-3)9(2)13(26-14)16(22)24-4/h5-7H,1-4H3,(H2,19,20,25). The minimum absolute atomic E-state index is 0.258. The fourth-order valence-corrected chi connectivity index (χ4v) is 3.87. The highest BCUT2D eigenvalue weighted by atomic mass is 79.9. The van der Waals surface area contributed by atoms with Crippen molar-refractivity contribution in [2.75, 3.05) is 24.9 Å². The molecule has 6 nitrogen and oxygen atoms in total. The molecule has 0 bridgehead atoms. The fraction of sp³-hybridized carbons (Fsp3) is 0.235. The van der Waals surface area contributed by atoms with Crippen LogP contribution in [0.25, 0.3) is 0 Å². The first kappa shape index (κ1) is 20.3. The quantitative estimate of drug-likeness (QED) is 0.517. The second kappa shape index (κ2) is 8.61. The van der Waals surface area contributed by atoms with Gasteiger partial charge in [0.15, 0.2) is 5.11 Å². The summed E-state index contributed by atoms with van der Waals surface area (Å²) in [7, 11) is 2.57. The molecule has 138 valence electrons. The monoisotopic (exact) mass is 456 g/mol. The molecule has 0 radical (unpaired) electrons. The number of benzene rings is 1. The Hall–Kier alpha value is -1.97. The highest BCUT2D eigenvalue weighted by Crippen LogP contribution is 2.34. The van der Waals surface area contributed by atoms with E-state index < -0.39 is 11.9 Å². The molecule has 9 heteroatoms. The van der Waals surface area contributed by atoms with Gasteiger partial charge in [0.25, 0.3) is 0 Å². The summed E-state index contributed by atoms with van der Waals surface area (Å²) in [6, 6.07) is 5.70. The van der Waals surface area contributed by atoms with Crippen LogP contribution >= 0.6 is 39.5 Å². The van der Waals surface area contributed by atoms with Crippen LogP contribution in [-0.2, 0) is 9.47 Å². The molecule has 2 aromatic rings. The van der Waals surface area contributed by atoms with E-state index in [2.05, 4.69) is 26.6 Å². The van der Waals surface area contributed by atoms with Crippen molar-refractivity contribution < 1.29 is 19.1 Å². The number of carbonyl (C=O) groups excluding carboxylic acids is 2. The van der Waals surface area contributed by atoms with Crippen molar-refractivity contribution in [2.24, 2.45) is 0 Å². The van der Waals surface area contributed by atoms with Crippen LogP contribution in [0.15, 0.2) is 22.7 Å². The maximum absolute atomic E-state index is 12.1. The predicted molar refractivity (Wildman–Crippen MR) is 110 cm³/mol. The summed E-state index contributed by atoms with van der Waals surface area (Å²) in [5, 5.41) is 6.72. The van der Waals surface area contributed by atoms with Crippen LogP contribution in [0.2, 0.25) is 0 Å². The molecule has 0 saturated heterocycles. The van der Waals surface area contributed by atoms with Gasteiger partial charge in [0, 0.05) is 10.2 Å². The van der Waals surface area contributed by atoms with Crippen LogP contribution in [0.1, 0.15) is 31.2 Å². The van der Waals surface area contributed by atoms with Crippen LogP contribution < -0.4 is 10.6 Å². The van der Waals surface area contributed by atoms with Crippen molar-refractivity contribution >= 4 is 67.2 Å². The maximum Gasteiger partial charge on any atom is 0.348 e. The van der Waals surface area contributed by atoms with Crippen molar-refractivity contribution in [3.63, 3.8) is 0 Å². The number of hydrogen-bond acceptors (Lipinski definition) is 6. The number of rotatable bonds is 4. The minimum Gasteiger partial charge on any atom is -0.465 e. The minimum atomic E-state index is -0.557. The SMILES string of the molecule is COC(=O)c1sc(NC(=S)Nc2ccc(Br)c(C)c2)c(C(=O)OC)c1C. The number of aryl methyl sites for hydroxylation is 1. The zero-order valence-electron chi connectivity index (χ0n) is 14.6. The number of carbonyl (C=O) groups is 2. The first-order valence-corrected chi connectivity index (χ1v) is 9.44. The Labute approximate surface area is 169 Å². The normalized spacial score (nSPS) is 10.2. The second-order valence-electron chi connectivity index (χ2n) is 5.29. The van der Waals surface area contributed by atoms with E-state index in [1.807, 2.05) is 25.1 Å². The Morgan fingerprint density at radius 3 is 2.35 bits per heavy atom. The fourth-order valence-electron chi connectivity index (χ4n) is 2.22. The lowest BCUT2D eigenvalue weighted by Gasteiger charge is -2.11. The topological polar surface area (TPSA) is 76.7 Å². The lowest BCUT2D eigenvalue weighted by Crippen LogP contribution is -2.20. The second-order valence-corrected chi connectivity index (χ2v) is 7.57. The summed E-state index contributed by atoms with van der Waals surface area (Å²) in [4.78, 5) is 24.4. The van der Waals surface area contributed by atoms with E-state index in [4.69, 9.17) is 21.7 Å². The first-order chi connectivity index (χ1) is 12.3. The van der Waals surface area contributed by atoms with Crippen LogP contribution in [0, 0.1) is 13.8 Å². The van der Waals surface area contributed by atoms with Crippen molar-refractivity contribution in [3.05, 3.63) is 44.2 Å². The van der Waals surface area contributed by atoms with Gasteiger partial charge in [0.2, 0.25) is 0 Å². The molecule has 2 N–H and O–H groups in total. The van der Waals surface area contributed by atoms with Crippen molar-refractivity contribution in [2.45, 2.75) is 13.8 Å². The number of nitrogens with one attached hydrogen (secondary N) is 2. The van der Waals surface area contributed by atoms with Gasteiger partial charge in [-0.1, -0.05) is 15.9 Å². The molecule has 0 amide bonds.